The molecule has 9 heteroatoms. The molecule has 1 aliphatic rings. The fourth-order valence-electron chi connectivity index (χ4n) is 3.98. The van der Waals surface area contributed by atoms with Crippen LogP contribution < -0.4 is 14.8 Å². The van der Waals surface area contributed by atoms with Crippen molar-refractivity contribution in [1.82, 2.24) is 14.8 Å². The Kier molecular flexibility index (Phi) is 8.53. The molecule has 1 aliphatic heterocycles. The summed E-state index contributed by atoms with van der Waals surface area (Å²) in [7, 11) is 0. The molecule has 0 bridgehead atoms. The molecule has 1 aromatic heterocycles. The molecule has 1 unspecified atom stereocenters. The molecule has 2 aromatic carbocycles. The summed E-state index contributed by atoms with van der Waals surface area (Å²) in [5.41, 5.74) is 3.07. The number of esters is 1. The monoisotopic (exact) mass is 508 g/mol. The lowest BCUT2D eigenvalue weighted by Crippen LogP contribution is -2.29. The molecule has 0 aliphatic carbocycles. The van der Waals surface area contributed by atoms with Crippen LogP contribution in [0.25, 0.3) is 0 Å². The van der Waals surface area contributed by atoms with Crippen LogP contribution in [0.2, 0.25) is 0 Å². The number of ether oxygens (including phenoxy) is 3. The van der Waals surface area contributed by atoms with Crippen LogP contribution in [0.3, 0.4) is 0 Å². The lowest BCUT2D eigenvalue weighted by Gasteiger charge is -2.28. The Morgan fingerprint density at radius 3 is 2.58 bits per heavy atom. The van der Waals surface area contributed by atoms with Gasteiger partial charge in [-0.2, -0.15) is 4.98 Å². The predicted molar refractivity (Wildman–Crippen MR) is 141 cm³/mol. The van der Waals surface area contributed by atoms with Crippen LogP contribution in [0.4, 0.5) is 5.95 Å². The molecular formula is C27H32N4O4S. The highest BCUT2D eigenvalue weighted by molar-refractivity contribution is 7.99. The van der Waals surface area contributed by atoms with E-state index in [-0.39, 0.29) is 6.61 Å². The van der Waals surface area contributed by atoms with Gasteiger partial charge < -0.3 is 19.5 Å². The summed E-state index contributed by atoms with van der Waals surface area (Å²) >= 11 is 1.59. The number of thioether (sulfide) groups is 1. The standard InChI is InChI=1S/C27H32N4O4S/c1-5-15-36-27-29-26-28-18(4)23(25(32)34-7-3)24(31(26)30-27)20-13-14-21(22(16-20)33-6-2)35-17-19-11-9-8-10-12-19/h8-14,16,24H,5-7,15,17H2,1-4H3,(H,28,29,30). The van der Waals surface area contributed by atoms with Crippen LogP contribution in [-0.4, -0.2) is 39.7 Å². The highest BCUT2D eigenvalue weighted by Crippen LogP contribution is 2.40. The number of anilines is 1. The zero-order valence-electron chi connectivity index (χ0n) is 21.1. The van der Waals surface area contributed by atoms with Crippen molar-refractivity contribution in [2.24, 2.45) is 0 Å². The van der Waals surface area contributed by atoms with Gasteiger partial charge in [0.25, 0.3) is 0 Å². The third-order valence-corrected chi connectivity index (χ3v) is 6.63. The van der Waals surface area contributed by atoms with Gasteiger partial charge in [-0.05, 0) is 50.5 Å². The Bertz CT molecular complexity index is 1230. The Labute approximate surface area is 216 Å². The van der Waals surface area contributed by atoms with Crippen molar-refractivity contribution in [3.05, 3.63) is 70.9 Å². The van der Waals surface area contributed by atoms with E-state index in [2.05, 4.69) is 17.2 Å². The number of carbonyl (C=O) groups is 1. The molecule has 4 rings (SSSR count). The maximum Gasteiger partial charge on any atom is 0.338 e. The molecule has 0 spiro atoms. The molecular weight excluding hydrogens is 476 g/mol. The number of carbonyl (C=O) groups excluding carboxylic acids is 1. The van der Waals surface area contributed by atoms with Crippen LogP contribution in [0.15, 0.2) is 65.0 Å². The van der Waals surface area contributed by atoms with Gasteiger partial charge in [0.2, 0.25) is 11.1 Å². The maximum absolute atomic E-state index is 13.1. The summed E-state index contributed by atoms with van der Waals surface area (Å²) in [6.45, 7) is 8.88. The molecule has 1 N–H and O–H groups in total. The van der Waals surface area contributed by atoms with Crippen molar-refractivity contribution >= 4 is 23.7 Å². The van der Waals surface area contributed by atoms with Gasteiger partial charge in [0, 0.05) is 11.4 Å². The maximum atomic E-state index is 13.1. The predicted octanol–water partition coefficient (Wildman–Crippen LogP) is 5.61. The van der Waals surface area contributed by atoms with Gasteiger partial charge in [-0.25, -0.2) is 9.48 Å². The zero-order chi connectivity index (χ0) is 25.5. The van der Waals surface area contributed by atoms with E-state index < -0.39 is 12.0 Å². The molecule has 2 heterocycles. The van der Waals surface area contributed by atoms with Gasteiger partial charge in [0.1, 0.15) is 12.6 Å². The number of allylic oxidation sites excluding steroid dienone is 1. The van der Waals surface area contributed by atoms with Crippen molar-refractivity contribution in [2.45, 2.75) is 51.9 Å². The average molecular weight is 509 g/mol. The number of aromatic nitrogens is 3. The topological polar surface area (TPSA) is 87.5 Å². The first-order valence-electron chi connectivity index (χ1n) is 12.2. The molecule has 0 fully saturated rings. The fraction of sp³-hybridized carbons (Fsp3) is 0.370. The molecule has 190 valence electrons. The molecule has 3 aromatic rings. The third-order valence-electron chi connectivity index (χ3n) is 5.58. The van der Waals surface area contributed by atoms with Crippen LogP contribution in [-0.2, 0) is 16.1 Å². The summed E-state index contributed by atoms with van der Waals surface area (Å²) in [6, 6.07) is 15.2. The quantitative estimate of drug-likeness (QED) is 0.264. The second kappa shape index (κ2) is 12.0. The fourth-order valence-corrected chi connectivity index (χ4v) is 4.67. The number of rotatable bonds is 11. The Morgan fingerprint density at radius 1 is 1.06 bits per heavy atom. The molecule has 0 saturated heterocycles. The van der Waals surface area contributed by atoms with Gasteiger partial charge >= 0.3 is 5.97 Å². The van der Waals surface area contributed by atoms with Gasteiger partial charge in [0.05, 0.1) is 18.8 Å². The van der Waals surface area contributed by atoms with Crippen molar-refractivity contribution in [2.75, 3.05) is 24.3 Å². The minimum absolute atomic E-state index is 0.278. The summed E-state index contributed by atoms with van der Waals surface area (Å²) in [5.74, 6) is 2.35. The van der Waals surface area contributed by atoms with Crippen LogP contribution in [0.1, 0.15) is 51.3 Å². The van der Waals surface area contributed by atoms with Crippen LogP contribution in [0.5, 0.6) is 11.5 Å². The van der Waals surface area contributed by atoms with Gasteiger partial charge in [-0.1, -0.05) is 55.1 Å². The van der Waals surface area contributed by atoms with E-state index >= 15 is 0 Å². The first-order valence-corrected chi connectivity index (χ1v) is 13.2. The lowest BCUT2D eigenvalue weighted by molar-refractivity contribution is -0.139. The number of benzene rings is 2. The first-order chi connectivity index (χ1) is 17.5. The minimum atomic E-state index is -0.522. The van der Waals surface area contributed by atoms with Gasteiger partial charge in [0.15, 0.2) is 11.5 Å². The van der Waals surface area contributed by atoms with E-state index in [9.17, 15) is 4.79 Å². The van der Waals surface area contributed by atoms with E-state index in [4.69, 9.17) is 19.3 Å². The summed E-state index contributed by atoms with van der Waals surface area (Å²) < 4.78 is 19.2. The Balaban J connectivity index is 1.73. The summed E-state index contributed by atoms with van der Waals surface area (Å²) in [4.78, 5) is 17.7. The molecule has 1 atom stereocenters. The Morgan fingerprint density at radius 2 is 1.86 bits per heavy atom. The van der Waals surface area contributed by atoms with E-state index in [1.165, 1.54) is 0 Å². The van der Waals surface area contributed by atoms with Crippen molar-refractivity contribution in [3.8, 4) is 11.5 Å². The van der Waals surface area contributed by atoms with Crippen molar-refractivity contribution in [3.63, 3.8) is 0 Å². The normalized spacial score (nSPS) is 14.7. The van der Waals surface area contributed by atoms with Crippen molar-refractivity contribution < 1.29 is 19.0 Å². The number of nitrogens with zero attached hydrogens (tertiary/aromatic N) is 3. The average Bonchev–Trinajstić information content (AvgIpc) is 3.29. The third kappa shape index (κ3) is 5.67. The highest BCUT2D eigenvalue weighted by atomic mass is 32.2. The van der Waals surface area contributed by atoms with E-state index in [1.807, 2.05) is 62.4 Å². The number of hydrogen-bond acceptors (Lipinski definition) is 8. The zero-order valence-corrected chi connectivity index (χ0v) is 21.9. The van der Waals surface area contributed by atoms with Crippen LogP contribution in [0, 0.1) is 0 Å². The van der Waals surface area contributed by atoms with E-state index in [0.717, 1.165) is 23.3 Å². The van der Waals surface area contributed by atoms with Crippen molar-refractivity contribution in [1.29, 1.82) is 0 Å². The van der Waals surface area contributed by atoms with E-state index in [0.29, 0.717) is 47.1 Å². The SMILES string of the molecule is CCCSc1nc2n(n1)C(c1ccc(OCc3ccccc3)c(OCC)c1)C(C(=O)OCC)=C(C)N2. The molecule has 36 heavy (non-hydrogen) atoms. The number of nitrogens with one attached hydrogen (secondary N) is 1. The van der Waals surface area contributed by atoms with Crippen LogP contribution >= 0.6 is 11.8 Å². The minimum Gasteiger partial charge on any atom is -0.490 e. The highest BCUT2D eigenvalue weighted by Gasteiger charge is 2.35. The van der Waals surface area contributed by atoms with Gasteiger partial charge in [-0.15, -0.1) is 5.10 Å². The molecule has 0 amide bonds. The second-order valence-corrected chi connectivity index (χ2v) is 9.27. The van der Waals surface area contributed by atoms with E-state index in [1.54, 1.807) is 23.4 Å². The molecule has 8 nitrogen and oxygen atoms in total. The second-order valence-electron chi connectivity index (χ2n) is 8.21. The van der Waals surface area contributed by atoms with Gasteiger partial charge in [-0.3, -0.25) is 0 Å². The molecule has 0 saturated carbocycles. The lowest BCUT2D eigenvalue weighted by atomic mass is 9.95. The number of fused-ring (bicyclic) bond motifs is 1. The molecule has 0 radical (unpaired) electrons. The largest absolute Gasteiger partial charge is 0.490 e. The Hall–Kier alpha value is -3.46. The summed E-state index contributed by atoms with van der Waals surface area (Å²) in [5, 5.41) is 8.64. The number of hydrogen-bond donors (Lipinski definition) is 1. The summed E-state index contributed by atoms with van der Waals surface area (Å²) in [6.07, 6.45) is 1.01. The smallest absolute Gasteiger partial charge is 0.338 e. The first kappa shape index (κ1) is 25.6.